The summed E-state index contributed by atoms with van der Waals surface area (Å²) in [5, 5.41) is 3.92. The molecule has 100 valence electrons. The SMILES string of the molecule is CCC(NC)c1ccc(Oc2ccc(Cl)cc2)cn1. The molecule has 2 aromatic rings. The molecule has 1 atom stereocenters. The Balaban J connectivity index is 2.08. The normalized spacial score (nSPS) is 12.2. The second kappa shape index (κ2) is 6.55. The number of benzene rings is 1. The Hall–Kier alpha value is -1.58. The first kappa shape index (κ1) is 13.8. The van der Waals surface area contributed by atoms with Crippen LogP contribution in [0.3, 0.4) is 0 Å². The highest BCUT2D eigenvalue weighted by atomic mass is 35.5. The molecule has 0 saturated carbocycles. The topological polar surface area (TPSA) is 34.1 Å². The number of hydrogen-bond donors (Lipinski definition) is 1. The molecule has 0 aliphatic carbocycles. The summed E-state index contributed by atoms with van der Waals surface area (Å²) < 4.78 is 5.69. The number of nitrogens with zero attached hydrogens (tertiary/aromatic N) is 1. The molecule has 1 unspecified atom stereocenters. The smallest absolute Gasteiger partial charge is 0.145 e. The van der Waals surface area contributed by atoms with Crippen molar-refractivity contribution in [3.05, 3.63) is 53.3 Å². The summed E-state index contributed by atoms with van der Waals surface area (Å²) in [6, 6.07) is 11.5. The third-order valence-electron chi connectivity index (χ3n) is 2.92. The predicted octanol–water partition coefficient (Wildman–Crippen LogP) is 4.20. The lowest BCUT2D eigenvalue weighted by molar-refractivity contribution is 0.477. The lowest BCUT2D eigenvalue weighted by atomic mass is 10.1. The van der Waals surface area contributed by atoms with Crippen molar-refractivity contribution in [3.8, 4) is 11.5 Å². The Labute approximate surface area is 118 Å². The Morgan fingerprint density at radius 3 is 2.37 bits per heavy atom. The summed E-state index contributed by atoms with van der Waals surface area (Å²) >= 11 is 5.83. The van der Waals surface area contributed by atoms with Gasteiger partial charge in [0.1, 0.15) is 11.5 Å². The highest BCUT2D eigenvalue weighted by Crippen LogP contribution is 2.23. The van der Waals surface area contributed by atoms with Gasteiger partial charge in [-0.05, 0) is 49.9 Å². The molecule has 0 aliphatic rings. The highest BCUT2D eigenvalue weighted by Gasteiger charge is 2.07. The zero-order valence-electron chi connectivity index (χ0n) is 11.1. The molecule has 0 aliphatic heterocycles. The van der Waals surface area contributed by atoms with Gasteiger partial charge in [0, 0.05) is 11.1 Å². The first-order chi connectivity index (χ1) is 9.22. The maximum absolute atomic E-state index is 5.83. The number of pyridine rings is 1. The first-order valence-corrected chi connectivity index (χ1v) is 6.67. The molecule has 4 heteroatoms. The van der Waals surface area contributed by atoms with E-state index in [0.717, 1.165) is 23.6 Å². The molecule has 3 nitrogen and oxygen atoms in total. The van der Waals surface area contributed by atoms with Crippen LogP contribution in [0.5, 0.6) is 11.5 Å². The van der Waals surface area contributed by atoms with Gasteiger partial charge in [-0.25, -0.2) is 0 Å². The van der Waals surface area contributed by atoms with Crippen LogP contribution in [-0.2, 0) is 0 Å². The quantitative estimate of drug-likeness (QED) is 0.889. The van der Waals surface area contributed by atoms with Crippen LogP contribution < -0.4 is 10.1 Å². The number of aromatic nitrogens is 1. The Kier molecular flexibility index (Phi) is 4.77. The van der Waals surface area contributed by atoms with Gasteiger partial charge >= 0.3 is 0 Å². The van der Waals surface area contributed by atoms with Crippen LogP contribution in [0.25, 0.3) is 0 Å². The van der Waals surface area contributed by atoms with Crippen molar-refractivity contribution in [3.63, 3.8) is 0 Å². The standard InChI is InChI=1S/C15H17ClN2O/c1-3-14(17-2)15-9-8-13(10-18-15)19-12-6-4-11(16)5-7-12/h4-10,14,17H,3H2,1-2H3. The van der Waals surface area contributed by atoms with E-state index in [4.69, 9.17) is 16.3 Å². The van der Waals surface area contributed by atoms with Crippen molar-refractivity contribution in [2.75, 3.05) is 7.05 Å². The van der Waals surface area contributed by atoms with Gasteiger partial charge in [-0.1, -0.05) is 18.5 Å². The average Bonchev–Trinajstić information content (AvgIpc) is 2.44. The molecule has 2 rings (SSSR count). The van der Waals surface area contributed by atoms with Crippen molar-refractivity contribution < 1.29 is 4.74 Å². The maximum atomic E-state index is 5.83. The van der Waals surface area contributed by atoms with Crippen LogP contribution >= 0.6 is 11.6 Å². The van der Waals surface area contributed by atoms with E-state index >= 15 is 0 Å². The van der Waals surface area contributed by atoms with Crippen molar-refractivity contribution in [2.45, 2.75) is 19.4 Å². The van der Waals surface area contributed by atoms with Crippen molar-refractivity contribution in [2.24, 2.45) is 0 Å². The third kappa shape index (κ3) is 3.69. The fourth-order valence-electron chi connectivity index (χ4n) is 1.86. The average molecular weight is 277 g/mol. The van der Waals surface area contributed by atoms with E-state index in [9.17, 15) is 0 Å². The van der Waals surface area contributed by atoms with Crippen LogP contribution in [-0.4, -0.2) is 12.0 Å². The van der Waals surface area contributed by atoms with Crippen molar-refractivity contribution in [1.29, 1.82) is 0 Å². The summed E-state index contributed by atoms with van der Waals surface area (Å²) in [6.07, 6.45) is 2.74. The number of rotatable bonds is 5. The van der Waals surface area contributed by atoms with Crippen LogP contribution in [0.1, 0.15) is 25.1 Å². The van der Waals surface area contributed by atoms with Gasteiger partial charge in [-0.2, -0.15) is 0 Å². The third-order valence-corrected chi connectivity index (χ3v) is 3.17. The Morgan fingerprint density at radius 2 is 1.84 bits per heavy atom. The summed E-state index contributed by atoms with van der Waals surface area (Å²) in [4.78, 5) is 4.42. The lowest BCUT2D eigenvalue weighted by Gasteiger charge is -2.13. The first-order valence-electron chi connectivity index (χ1n) is 6.29. The number of nitrogens with one attached hydrogen (secondary N) is 1. The molecule has 0 saturated heterocycles. The van der Waals surface area contributed by atoms with Crippen LogP contribution in [0, 0.1) is 0 Å². The molecule has 1 heterocycles. The van der Waals surface area contributed by atoms with Gasteiger partial charge in [0.25, 0.3) is 0 Å². The van der Waals surface area contributed by atoms with Gasteiger partial charge in [0.2, 0.25) is 0 Å². The van der Waals surface area contributed by atoms with E-state index in [2.05, 4.69) is 17.2 Å². The minimum atomic E-state index is 0.282. The van der Waals surface area contributed by atoms with Gasteiger partial charge in [0.05, 0.1) is 11.9 Å². The molecular formula is C15H17ClN2O. The summed E-state index contributed by atoms with van der Waals surface area (Å²) in [5.74, 6) is 1.47. The summed E-state index contributed by atoms with van der Waals surface area (Å²) in [6.45, 7) is 2.13. The van der Waals surface area contributed by atoms with E-state index < -0.39 is 0 Å². The minimum Gasteiger partial charge on any atom is -0.456 e. The number of hydrogen-bond acceptors (Lipinski definition) is 3. The molecule has 1 aromatic heterocycles. The molecule has 0 spiro atoms. The van der Waals surface area contributed by atoms with E-state index in [1.54, 1.807) is 18.3 Å². The summed E-state index contributed by atoms with van der Waals surface area (Å²) in [5.41, 5.74) is 1.02. The lowest BCUT2D eigenvalue weighted by Crippen LogP contribution is -2.16. The molecule has 19 heavy (non-hydrogen) atoms. The van der Waals surface area contributed by atoms with Crippen LogP contribution in [0.2, 0.25) is 5.02 Å². The molecule has 1 N–H and O–H groups in total. The molecule has 0 radical (unpaired) electrons. The zero-order chi connectivity index (χ0) is 13.7. The molecule has 1 aromatic carbocycles. The van der Waals surface area contributed by atoms with Gasteiger partial charge in [-0.3, -0.25) is 4.98 Å². The zero-order valence-corrected chi connectivity index (χ0v) is 11.8. The largest absolute Gasteiger partial charge is 0.456 e. The number of ether oxygens (including phenoxy) is 1. The van der Waals surface area contributed by atoms with Crippen molar-refractivity contribution >= 4 is 11.6 Å². The Bertz CT molecular complexity index is 507. The van der Waals surface area contributed by atoms with E-state index in [1.165, 1.54) is 0 Å². The molecule has 0 bridgehead atoms. The van der Waals surface area contributed by atoms with Crippen molar-refractivity contribution in [1.82, 2.24) is 10.3 Å². The van der Waals surface area contributed by atoms with Gasteiger partial charge in [-0.15, -0.1) is 0 Å². The molecular weight excluding hydrogens is 260 g/mol. The fraction of sp³-hybridized carbons (Fsp3) is 0.267. The van der Waals surface area contributed by atoms with Crippen LogP contribution in [0.15, 0.2) is 42.6 Å². The monoisotopic (exact) mass is 276 g/mol. The van der Waals surface area contributed by atoms with Gasteiger partial charge in [0.15, 0.2) is 0 Å². The van der Waals surface area contributed by atoms with E-state index in [-0.39, 0.29) is 6.04 Å². The summed E-state index contributed by atoms with van der Waals surface area (Å²) in [7, 11) is 1.94. The molecule has 0 fully saturated rings. The second-order valence-electron chi connectivity index (χ2n) is 4.22. The fourth-order valence-corrected chi connectivity index (χ4v) is 1.98. The second-order valence-corrected chi connectivity index (χ2v) is 4.66. The van der Waals surface area contributed by atoms with E-state index in [0.29, 0.717) is 5.02 Å². The van der Waals surface area contributed by atoms with Gasteiger partial charge < -0.3 is 10.1 Å². The van der Waals surface area contributed by atoms with Crippen LogP contribution in [0.4, 0.5) is 0 Å². The number of halogens is 1. The van der Waals surface area contributed by atoms with E-state index in [1.807, 2.05) is 31.3 Å². The minimum absolute atomic E-state index is 0.282. The molecule has 0 amide bonds. The predicted molar refractivity (Wildman–Crippen MR) is 77.9 cm³/mol. The Morgan fingerprint density at radius 1 is 1.16 bits per heavy atom. The highest BCUT2D eigenvalue weighted by molar-refractivity contribution is 6.30. The maximum Gasteiger partial charge on any atom is 0.145 e.